The molecule has 148 valence electrons. The highest BCUT2D eigenvalue weighted by Gasteiger charge is 2.20. The molecule has 2 heterocycles. The van der Waals surface area contributed by atoms with Crippen molar-refractivity contribution in [3.05, 3.63) is 29.4 Å². The van der Waals surface area contributed by atoms with Crippen molar-refractivity contribution in [2.75, 3.05) is 13.8 Å². The second-order valence-electron chi connectivity index (χ2n) is 5.20. The number of hydrogen-bond acceptors (Lipinski definition) is 7. The van der Waals surface area contributed by atoms with Gasteiger partial charge in [-0.2, -0.15) is 13.8 Å². The van der Waals surface area contributed by atoms with Crippen molar-refractivity contribution in [2.24, 2.45) is 4.99 Å². The molecule has 0 radical (unpaired) electrons. The van der Waals surface area contributed by atoms with Crippen LogP contribution in [-0.2, 0) is 13.1 Å². The lowest BCUT2D eigenvalue weighted by atomic mass is 10.1. The molecule has 0 spiro atoms. The lowest BCUT2D eigenvalue weighted by Gasteiger charge is -2.14. The quantitative estimate of drug-likeness (QED) is 0.356. The van der Waals surface area contributed by atoms with Gasteiger partial charge in [0.25, 0.3) is 0 Å². The lowest BCUT2D eigenvalue weighted by Crippen LogP contribution is -2.36. The fourth-order valence-corrected chi connectivity index (χ4v) is 2.28. The molecule has 2 N–H and O–H groups in total. The van der Waals surface area contributed by atoms with Gasteiger partial charge < -0.3 is 29.4 Å². The van der Waals surface area contributed by atoms with E-state index in [-0.39, 0.29) is 43.1 Å². The van der Waals surface area contributed by atoms with Gasteiger partial charge in [0.1, 0.15) is 5.75 Å². The van der Waals surface area contributed by atoms with E-state index in [1.165, 1.54) is 6.07 Å². The predicted octanol–water partition coefficient (Wildman–Crippen LogP) is 2.19. The van der Waals surface area contributed by atoms with Crippen LogP contribution in [0.25, 0.3) is 0 Å². The first-order chi connectivity index (χ1) is 12.5. The summed E-state index contributed by atoms with van der Waals surface area (Å²) in [7, 11) is 1.58. The minimum atomic E-state index is -2.95. The Morgan fingerprint density at radius 3 is 2.59 bits per heavy atom. The van der Waals surface area contributed by atoms with Crippen LogP contribution in [0.15, 0.2) is 21.6 Å². The molecule has 0 aliphatic carbocycles. The number of rotatable bonds is 6. The van der Waals surface area contributed by atoms with Gasteiger partial charge in [0.15, 0.2) is 23.3 Å². The standard InChI is InChI=1S/C15H17F2N5O4.HI/c1-8-21-13(22-26-8)6-20-15(18-2)19-5-9-3-11-12(24-7-23-11)4-10(9)25-14(16)17;/h3-4,14H,5-7H2,1-2H3,(H2,18,19,20);1H. The van der Waals surface area contributed by atoms with Crippen molar-refractivity contribution in [3.63, 3.8) is 0 Å². The number of guanidine groups is 1. The van der Waals surface area contributed by atoms with Gasteiger partial charge in [-0.05, 0) is 6.07 Å². The van der Waals surface area contributed by atoms with E-state index >= 15 is 0 Å². The van der Waals surface area contributed by atoms with Crippen LogP contribution < -0.4 is 24.8 Å². The number of fused-ring (bicyclic) bond motifs is 1. The minimum Gasteiger partial charge on any atom is -0.454 e. The van der Waals surface area contributed by atoms with Gasteiger partial charge in [-0.3, -0.25) is 4.99 Å². The number of aryl methyl sites for hydroxylation is 1. The molecule has 0 bridgehead atoms. The van der Waals surface area contributed by atoms with Gasteiger partial charge in [0, 0.05) is 32.1 Å². The van der Waals surface area contributed by atoms with Crippen molar-refractivity contribution in [2.45, 2.75) is 26.6 Å². The Hall–Kier alpha value is -2.38. The van der Waals surface area contributed by atoms with Crippen LogP contribution in [0.2, 0.25) is 0 Å². The molecule has 0 unspecified atom stereocenters. The molecule has 0 amide bonds. The Morgan fingerprint density at radius 1 is 1.26 bits per heavy atom. The number of hydrogen-bond donors (Lipinski definition) is 2. The first-order valence-corrected chi connectivity index (χ1v) is 7.66. The molecule has 1 aliphatic rings. The molecule has 0 atom stereocenters. The minimum absolute atomic E-state index is 0. The van der Waals surface area contributed by atoms with Crippen LogP contribution >= 0.6 is 24.0 Å². The maximum atomic E-state index is 12.7. The third-order valence-corrected chi connectivity index (χ3v) is 3.43. The molecule has 0 saturated carbocycles. The fourth-order valence-electron chi connectivity index (χ4n) is 2.28. The third kappa shape index (κ3) is 5.55. The zero-order valence-corrected chi connectivity index (χ0v) is 16.8. The number of nitrogens with zero attached hydrogens (tertiary/aromatic N) is 3. The first kappa shape index (κ1) is 20.9. The van der Waals surface area contributed by atoms with E-state index in [4.69, 9.17) is 14.0 Å². The molecule has 9 nitrogen and oxygen atoms in total. The smallest absolute Gasteiger partial charge is 0.387 e. The summed E-state index contributed by atoms with van der Waals surface area (Å²) in [5.41, 5.74) is 0.466. The number of ether oxygens (including phenoxy) is 3. The van der Waals surface area contributed by atoms with Crippen LogP contribution in [0, 0.1) is 6.92 Å². The Labute approximate surface area is 170 Å². The molecule has 1 aliphatic heterocycles. The van der Waals surface area contributed by atoms with Crippen LogP contribution in [0.5, 0.6) is 17.2 Å². The first-order valence-electron chi connectivity index (χ1n) is 7.66. The van der Waals surface area contributed by atoms with Crippen molar-refractivity contribution >= 4 is 29.9 Å². The van der Waals surface area contributed by atoms with Crippen molar-refractivity contribution in [1.29, 1.82) is 0 Å². The van der Waals surface area contributed by atoms with Gasteiger partial charge >= 0.3 is 6.61 Å². The monoisotopic (exact) mass is 497 g/mol. The van der Waals surface area contributed by atoms with Gasteiger partial charge in [0.05, 0.1) is 6.54 Å². The van der Waals surface area contributed by atoms with E-state index in [0.29, 0.717) is 41.3 Å². The molecule has 27 heavy (non-hydrogen) atoms. The van der Waals surface area contributed by atoms with Crippen molar-refractivity contribution in [3.8, 4) is 17.2 Å². The zero-order chi connectivity index (χ0) is 18.5. The number of nitrogens with one attached hydrogen (secondary N) is 2. The second-order valence-corrected chi connectivity index (χ2v) is 5.20. The van der Waals surface area contributed by atoms with Crippen LogP contribution in [0.3, 0.4) is 0 Å². The second kappa shape index (κ2) is 9.53. The molecular formula is C15H18F2IN5O4. The molecule has 1 aromatic heterocycles. The summed E-state index contributed by atoms with van der Waals surface area (Å²) in [6.45, 7) is -0.767. The molecule has 1 aromatic carbocycles. The highest BCUT2D eigenvalue weighted by Crippen LogP contribution is 2.38. The number of halogens is 3. The van der Waals surface area contributed by atoms with Gasteiger partial charge in [-0.15, -0.1) is 24.0 Å². The highest BCUT2D eigenvalue weighted by molar-refractivity contribution is 14.0. The third-order valence-electron chi connectivity index (χ3n) is 3.43. The summed E-state index contributed by atoms with van der Waals surface area (Å²) in [6.07, 6.45) is 0. The maximum absolute atomic E-state index is 12.7. The molecule has 12 heteroatoms. The average molecular weight is 497 g/mol. The van der Waals surface area contributed by atoms with Crippen LogP contribution in [-0.4, -0.2) is 36.6 Å². The fraction of sp³-hybridized carbons (Fsp3) is 0.400. The number of benzene rings is 1. The molecule has 3 rings (SSSR count). The summed E-state index contributed by atoms with van der Waals surface area (Å²) in [5.74, 6) is 2.18. The summed E-state index contributed by atoms with van der Waals surface area (Å²) in [6, 6.07) is 2.96. The van der Waals surface area contributed by atoms with E-state index in [9.17, 15) is 8.78 Å². The van der Waals surface area contributed by atoms with E-state index in [2.05, 4.69) is 30.5 Å². The van der Waals surface area contributed by atoms with E-state index < -0.39 is 6.61 Å². The SMILES string of the molecule is CN=C(NCc1noc(C)n1)NCc1cc2c(cc1OC(F)F)OCO2.I. The predicted molar refractivity (Wildman–Crippen MR) is 101 cm³/mol. The number of aromatic nitrogens is 2. The molecule has 0 saturated heterocycles. The van der Waals surface area contributed by atoms with Gasteiger partial charge in [-0.1, -0.05) is 5.16 Å². The van der Waals surface area contributed by atoms with E-state index in [1.54, 1.807) is 20.0 Å². The molecule has 0 fully saturated rings. The topological polar surface area (TPSA) is 103 Å². The summed E-state index contributed by atoms with van der Waals surface area (Å²) in [4.78, 5) is 8.12. The zero-order valence-electron chi connectivity index (χ0n) is 14.5. The molecular weight excluding hydrogens is 479 g/mol. The normalized spacial score (nSPS) is 12.7. The average Bonchev–Trinajstić information content (AvgIpc) is 3.22. The summed E-state index contributed by atoms with van der Waals surface area (Å²) < 4.78 is 45.2. The molecule has 2 aromatic rings. The van der Waals surface area contributed by atoms with Gasteiger partial charge in [-0.25, -0.2) is 0 Å². The lowest BCUT2D eigenvalue weighted by molar-refractivity contribution is -0.0505. The Morgan fingerprint density at radius 2 is 1.96 bits per heavy atom. The Bertz CT molecular complexity index is 803. The largest absolute Gasteiger partial charge is 0.454 e. The van der Waals surface area contributed by atoms with Crippen LogP contribution in [0.1, 0.15) is 17.3 Å². The van der Waals surface area contributed by atoms with Crippen LogP contribution in [0.4, 0.5) is 8.78 Å². The Kier molecular flexibility index (Phi) is 7.38. The summed E-state index contributed by atoms with van der Waals surface area (Å²) in [5, 5.41) is 9.75. The number of aliphatic imine (C=N–C) groups is 1. The maximum Gasteiger partial charge on any atom is 0.387 e. The van der Waals surface area contributed by atoms with E-state index in [0.717, 1.165) is 0 Å². The van der Waals surface area contributed by atoms with Crippen molar-refractivity contribution in [1.82, 2.24) is 20.8 Å². The van der Waals surface area contributed by atoms with E-state index in [1.807, 2.05) is 0 Å². The number of alkyl halides is 2. The Balaban J connectivity index is 0.00000261. The van der Waals surface area contributed by atoms with Crippen molar-refractivity contribution < 1.29 is 27.5 Å². The van der Waals surface area contributed by atoms with Gasteiger partial charge in [0.2, 0.25) is 12.7 Å². The summed E-state index contributed by atoms with van der Waals surface area (Å²) >= 11 is 0. The highest BCUT2D eigenvalue weighted by atomic mass is 127.